The molecule has 0 bridgehead atoms. The molecule has 1 saturated heterocycles. The van der Waals surface area contributed by atoms with E-state index >= 15 is 0 Å². The minimum atomic E-state index is -4.34. The van der Waals surface area contributed by atoms with Gasteiger partial charge in [-0.2, -0.15) is 13.2 Å². The lowest BCUT2D eigenvalue weighted by atomic mass is 10.2. The van der Waals surface area contributed by atoms with Crippen LogP contribution in [0, 0.1) is 0 Å². The van der Waals surface area contributed by atoms with E-state index in [1.807, 2.05) is 18.2 Å². The minimum absolute atomic E-state index is 0.0674. The van der Waals surface area contributed by atoms with Gasteiger partial charge in [-0.3, -0.25) is 4.90 Å². The zero-order valence-corrected chi connectivity index (χ0v) is 12.6. The van der Waals surface area contributed by atoms with E-state index in [4.69, 9.17) is 4.74 Å². The number of benzene rings is 2. The number of rotatable bonds is 4. The van der Waals surface area contributed by atoms with Crippen molar-refractivity contribution in [3.8, 4) is 5.75 Å². The highest BCUT2D eigenvalue weighted by Crippen LogP contribution is 2.32. The number of nitrogens with zero attached hydrogens (tertiary/aromatic N) is 1. The molecule has 0 amide bonds. The molecule has 0 radical (unpaired) electrons. The molecule has 3 rings (SSSR count). The van der Waals surface area contributed by atoms with E-state index in [2.05, 4.69) is 17.0 Å². The summed E-state index contributed by atoms with van der Waals surface area (Å²) >= 11 is 0. The molecule has 0 saturated carbocycles. The van der Waals surface area contributed by atoms with Gasteiger partial charge in [0.05, 0.1) is 5.56 Å². The van der Waals surface area contributed by atoms with Crippen molar-refractivity contribution in [3.63, 3.8) is 0 Å². The van der Waals surface area contributed by atoms with Crippen LogP contribution in [0.15, 0.2) is 54.6 Å². The molecular weight excluding hydrogens is 303 g/mol. The van der Waals surface area contributed by atoms with Crippen molar-refractivity contribution in [3.05, 3.63) is 65.7 Å². The lowest BCUT2D eigenvalue weighted by Crippen LogP contribution is -2.24. The van der Waals surface area contributed by atoms with Crippen LogP contribution in [-0.2, 0) is 12.7 Å². The predicted octanol–water partition coefficient (Wildman–Crippen LogP) is 4.36. The third-order valence-corrected chi connectivity index (χ3v) is 3.94. The van der Waals surface area contributed by atoms with Gasteiger partial charge in [0.1, 0.15) is 11.9 Å². The molecule has 5 heteroatoms. The number of hydrogen-bond donors (Lipinski definition) is 0. The summed E-state index contributed by atoms with van der Waals surface area (Å²) in [5.74, 6) is 0.284. The van der Waals surface area contributed by atoms with Gasteiger partial charge in [0.25, 0.3) is 0 Å². The van der Waals surface area contributed by atoms with E-state index in [9.17, 15) is 13.2 Å². The molecular formula is C18H18F3NO. The van der Waals surface area contributed by atoms with Crippen LogP contribution in [0.5, 0.6) is 5.75 Å². The van der Waals surface area contributed by atoms with Gasteiger partial charge >= 0.3 is 6.18 Å². The lowest BCUT2D eigenvalue weighted by molar-refractivity contribution is -0.137. The number of hydrogen-bond acceptors (Lipinski definition) is 2. The fraction of sp³-hybridized carbons (Fsp3) is 0.333. The van der Waals surface area contributed by atoms with Crippen molar-refractivity contribution in [2.24, 2.45) is 0 Å². The summed E-state index contributed by atoms with van der Waals surface area (Å²) in [7, 11) is 0. The third kappa shape index (κ3) is 4.26. The average Bonchev–Trinajstić information content (AvgIpc) is 2.95. The van der Waals surface area contributed by atoms with Crippen LogP contribution < -0.4 is 4.74 Å². The van der Waals surface area contributed by atoms with Gasteiger partial charge in [-0.25, -0.2) is 0 Å². The van der Waals surface area contributed by atoms with Gasteiger partial charge in [0.15, 0.2) is 0 Å². The fourth-order valence-electron chi connectivity index (χ4n) is 2.82. The number of alkyl halides is 3. The van der Waals surface area contributed by atoms with Crippen molar-refractivity contribution >= 4 is 0 Å². The number of halogens is 3. The molecule has 2 aromatic carbocycles. The molecule has 1 fully saturated rings. The highest BCUT2D eigenvalue weighted by atomic mass is 19.4. The Morgan fingerprint density at radius 2 is 1.83 bits per heavy atom. The van der Waals surface area contributed by atoms with Gasteiger partial charge < -0.3 is 4.74 Å². The van der Waals surface area contributed by atoms with Crippen molar-refractivity contribution in [1.82, 2.24) is 4.90 Å². The Balaban J connectivity index is 1.58. The topological polar surface area (TPSA) is 12.5 Å². The maximum atomic E-state index is 12.7. The smallest absolute Gasteiger partial charge is 0.416 e. The monoisotopic (exact) mass is 321 g/mol. The first-order valence-electron chi connectivity index (χ1n) is 7.61. The Kier molecular flexibility index (Phi) is 4.57. The van der Waals surface area contributed by atoms with Crippen LogP contribution in [0.4, 0.5) is 13.2 Å². The van der Waals surface area contributed by atoms with Crippen LogP contribution in [0.1, 0.15) is 17.5 Å². The second-order valence-corrected chi connectivity index (χ2v) is 5.77. The van der Waals surface area contributed by atoms with E-state index in [1.165, 1.54) is 11.6 Å². The summed E-state index contributed by atoms with van der Waals surface area (Å²) in [4.78, 5) is 2.26. The highest BCUT2D eigenvalue weighted by molar-refractivity contribution is 5.30. The summed E-state index contributed by atoms with van der Waals surface area (Å²) < 4.78 is 43.9. The molecule has 0 N–H and O–H groups in total. The first kappa shape index (κ1) is 15.9. The number of likely N-dealkylation sites (tertiary alicyclic amines) is 1. The molecule has 0 aromatic heterocycles. The fourth-order valence-corrected chi connectivity index (χ4v) is 2.82. The van der Waals surface area contributed by atoms with Crippen molar-refractivity contribution in [2.75, 3.05) is 13.1 Å². The largest absolute Gasteiger partial charge is 0.489 e. The Bertz CT molecular complexity index is 642. The Morgan fingerprint density at radius 1 is 1.04 bits per heavy atom. The zero-order chi connectivity index (χ0) is 16.3. The Hall–Kier alpha value is -2.01. The minimum Gasteiger partial charge on any atom is -0.489 e. The molecule has 1 heterocycles. The molecule has 1 atom stereocenters. The first-order valence-corrected chi connectivity index (χ1v) is 7.61. The summed E-state index contributed by atoms with van der Waals surface area (Å²) in [6.45, 7) is 2.45. The molecule has 1 aliphatic heterocycles. The van der Waals surface area contributed by atoms with E-state index < -0.39 is 11.7 Å². The van der Waals surface area contributed by atoms with Crippen LogP contribution >= 0.6 is 0 Å². The lowest BCUT2D eigenvalue weighted by Gasteiger charge is -2.17. The number of ether oxygens (including phenoxy) is 1. The van der Waals surface area contributed by atoms with Gasteiger partial charge in [-0.05, 0) is 30.2 Å². The Morgan fingerprint density at radius 3 is 2.57 bits per heavy atom. The van der Waals surface area contributed by atoms with Gasteiger partial charge in [-0.15, -0.1) is 0 Å². The molecule has 0 spiro atoms. The average molecular weight is 321 g/mol. The highest BCUT2D eigenvalue weighted by Gasteiger charge is 2.31. The molecule has 122 valence electrons. The summed E-state index contributed by atoms with van der Waals surface area (Å²) in [5.41, 5.74) is 0.557. The standard InChI is InChI=1S/C18H18F3NO/c19-18(20,21)15-7-4-8-16(11-15)23-17-9-10-22(13-17)12-14-5-2-1-3-6-14/h1-8,11,17H,9-10,12-13H2/t17-/m0/s1. The van der Waals surface area contributed by atoms with Gasteiger partial charge in [0, 0.05) is 19.6 Å². The molecule has 2 nitrogen and oxygen atoms in total. The summed E-state index contributed by atoms with van der Waals surface area (Å²) in [5, 5.41) is 0. The van der Waals surface area contributed by atoms with Crippen molar-refractivity contribution in [2.45, 2.75) is 25.2 Å². The van der Waals surface area contributed by atoms with Gasteiger partial charge in [-0.1, -0.05) is 36.4 Å². The zero-order valence-electron chi connectivity index (χ0n) is 12.6. The van der Waals surface area contributed by atoms with Gasteiger partial charge in [0.2, 0.25) is 0 Å². The first-order chi connectivity index (χ1) is 11.0. The van der Waals surface area contributed by atoms with E-state index in [1.54, 1.807) is 6.07 Å². The van der Waals surface area contributed by atoms with Crippen molar-refractivity contribution < 1.29 is 17.9 Å². The predicted molar refractivity (Wildman–Crippen MR) is 82.2 cm³/mol. The molecule has 0 aliphatic carbocycles. The summed E-state index contributed by atoms with van der Waals surface area (Å²) in [6.07, 6.45) is -3.58. The van der Waals surface area contributed by atoms with Crippen LogP contribution in [-0.4, -0.2) is 24.1 Å². The van der Waals surface area contributed by atoms with Crippen LogP contribution in [0.25, 0.3) is 0 Å². The molecule has 23 heavy (non-hydrogen) atoms. The molecule has 0 unspecified atom stereocenters. The quantitative estimate of drug-likeness (QED) is 0.830. The second-order valence-electron chi connectivity index (χ2n) is 5.77. The third-order valence-electron chi connectivity index (χ3n) is 3.94. The van der Waals surface area contributed by atoms with Crippen LogP contribution in [0.3, 0.4) is 0 Å². The second kappa shape index (κ2) is 6.62. The SMILES string of the molecule is FC(F)(F)c1cccc(O[C@H]2CCN(Cc3ccccc3)C2)c1. The normalized spacial score (nSPS) is 19.0. The van der Waals surface area contributed by atoms with E-state index in [0.29, 0.717) is 0 Å². The van der Waals surface area contributed by atoms with E-state index in [0.717, 1.165) is 38.2 Å². The maximum absolute atomic E-state index is 12.7. The molecule has 2 aromatic rings. The molecule has 1 aliphatic rings. The maximum Gasteiger partial charge on any atom is 0.416 e. The van der Waals surface area contributed by atoms with E-state index in [-0.39, 0.29) is 11.9 Å². The Labute approximate surface area is 133 Å². The van der Waals surface area contributed by atoms with Crippen LogP contribution in [0.2, 0.25) is 0 Å². The van der Waals surface area contributed by atoms with Crippen molar-refractivity contribution in [1.29, 1.82) is 0 Å². The summed E-state index contributed by atoms with van der Waals surface area (Å²) in [6, 6.07) is 15.2.